The number of rotatable bonds is 6. The molecule has 1 aromatic heterocycles. The van der Waals surface area contributed by atoms with Crippen molar-refractivity contribution in [1.82, 2.24) is 14.7 Å². The van der Waals surface area contributed by atoms with Gasteiger partial charge in [0.25, 0.3) is 5.91 Å². The summed E-state index contributed by atoms with van der Waals surface area (Å²) < 4.78 is 6.83. The molecule has 0 bridgehead atoms. The second-order valence-corrected chi connectivity index (χ2v) is 6.76. The van der Waals surface area contributed by atoms with Gasteiger partial charge in [-0.05, 0) is 18.4 Å². The summed E-state index contributed by atoms with van der Waals surface area (Å²) in [5, 5.41) is 13.9. The van der Waals surface area contributed by atoms with Crippen LogP contribution in [0.1, 0.15) is 28.8 Å². The van der Waals surface area contributed by atoms with E-state index in [-0.39, 0.29) is 19.1 Å². The van der Waals surface area contributed by atoms with Gasteiger partial charge in [-0.2, -0.15) is 5.10 Å². The monoisotopic (exact) mass is 357 g/mol. The summed E-state index contributed by atoms with van der Waals surface area (Å²) in [5.74, 6) is -1.11. The molecular weight excluding hydrogens is 334 g/mol. The molecule has 1 atom stereocenters. The zero-order chi connectivity index (χ0) is 18.6. The van der Waals surface area contributed by atoms with Gasteiger partial charge in [-0.15, -0.1) is 0 Å². The number of amides is 1. The fourth-order valence-corrected chi connectivity index (χ4v) is 3.45. The summed E-state index contributed by atoms with van der Waals surface area (Å²) in [5.41, 5.74) is 0.528. The van der Waals surface area contributed by atoms with E-state index in [1.807, 2.05) is 30.3 Å². The number of likely N-dealkylation sites (tertiary alicyclic amines) is 1. The maximum Gasteiger partial charge on any atom is 0.313 e. The van der Waals surface area contributed by atoms with Crippen LogP contribution < -0.4 is 0 Å². The second kappa shape index (κ2) is 7.70. The summed E-state index contributed by atoms with van der Waals surface area (Å²) in [7, 11) is 1.49. The quantitative estimate of drug-likeness (QED) is 0.853. The van der Waals surface area contributed by atoms with Crippen molar-refractivity contribution < 1.29 is 19.4 Å². The number of hydrogen-bond donors (Lipinski definition) is 1. The van der Waals surface area contributed by atoms with Crippen molar-refractivity contribution in [3.8, 4) is 0 Å². The number of nitrogens with zero attached hydrogens (tertiary/aromatic N) is 3. The van der Waals surface area contributed by atoms with Crippen LogP contribution in [0.25, 0.3) is 0 Å². The summed E-state index contributed by atoms with van der Waals surface area (Å²) in [4.78, 5) is 26.2. The van der Waals surface area contributed by atoms with Gasteiger partial charge in [-0.3, -0.25) is 14.3 Å². The van der Waals surface area contributed by atoms with Crippen LogP contribution in [0.4, 0.5) is 0 Å². The minimum Gasteiger partial charge on any atom is -0.481 e. The predicted octanol–water partition coefficient (Wildman–Crippen LogP) is 1.88. The lowest BCUT2D eigenvalue weighted by molar-refractivity contribution is -0.155. The predicted molar refractivity (Wildman–Crippen MR) is 94.9 cm³/mol. The fourth-order valence-electron chi connectivity index (χ4n) is 3.45. The Morgan fingerprint density at radius 1 is 1.31 bits per heavy atom. The molecule has 1 amide bonds. The highest BCUT2D eigenvalue weighted by Crippen LogP contribution is 2.31. The van der Waals surface area contributed by atoms with Gasteiger partial charge in [0.15, 0.2) is 0 Å². The number of benzene rings is 1. The lowest BCUT2D eigenvalue weighted by Crippen LogP contribution is -2.52. The molecule has 2 heterocycles. The number of carboxylic acids is 1. The molecule has 3 rings (SSSR count). The smallest absolute Gasteiger partial charge is 0.313 e. The van der Waals surface area contributed by atoms with Gasteiger partial charge in [0.05, 0.1) is 24.9 Å². The van der Waals surface area contributed by atoms with Gasteiger partial charge in [0, 0.05) is 26.4 Å². The third-order valence-corrected chi connectivity index (χ3v) is 4.81. The van der Waals surface area contributed by atoms with Crippen LogP contribution in [-0.4, -0.2) is 58.5 Å². The first kappa shape index (κ1) is 18.1. The lowest BCUT2D eigenvalue weighted by Gasteiger charge is -2.39. The summed E-state index contributed by atoms with van der Waals surface area (Å²) >= 11 is 0. The largest absolute Gasteiger partial charge is 0.481 e. The Morgan fingerprint density at radius 3 is 2.77 bits per heavy atom. The number of carbonyl (C=O) groups excluding carboxylic acids is 1. The van der Waals surface area contributed by atoms with Crippen LogP contribution in [0.15, 0.2) is 42.7 Å². The van der Waals surface area contributed by atoms with E-state index in [1.165, 1.54) is 7.11 Å². The van der Waals surface area contributed by atoms with E-state index in [4.69, 9.17) is 4.74 Å². The normalized spacial score (nSPS) is 20.1. The van der Waals surface area contributed by atoms with E-state index in [2.05, 4.69) is 5.10 Å². The minimum absolute atomic E-state index is 0.0966. The van der Waals surface area contributed by atoms with Gasteiger partial charge < -0.3 is 14.7 Å². The molecule has 2 aromatic rings. The van der Waals surface area contributed by atoms with Crippen LogP contribution in [0.3, 0.4) is 0 Å². The summed E-state index contributed by atoms with van der Waals surface area (Å²) in [6.07, 6.45) is 4.40. The highest BCUT2D eigenvalue weighted by molar-refractivity contribution is 5.94. The molecule has 26 heavy (non-hydrogen) atoms. The fraction of sp³-hybridized carbons (Fsp3) is 0.421. The molecule has 1 unspecified atom stereocenters. The van der Waals surface area contributed by atoms with E-state index in [9.17, 15) is 14.7 Å². The van der Waals surface area contributed by atoms with Crippen LogP contribution >= 0.6 is 0 Å². The number of aromatic nitrogens is 2. The molecule has 1 aliphatic rings. The molecule has 1 N–H and O–H groups in total. The SMILES string of the molecule is COCC1(C(=O)O)CCCN(C(=O)c2cnn(Cc3ccccc3)c2)C1. The molecule has 0 aliphatic carbocycles. The van der Waals surface area contributed by atoms with Gasteiger partial charge in [-0.25, -0.2) is 0 Å². The van der Waals surface area contributed by atoms with Crippen LogP contribution in [0, 0.1) is 5.41 Å². The van der Waals surface area contributed by atoms with Gasteiger partial charge in [0.1, 0.15) is 5.41 Å². The Labute approximate surface area is 152 Å². The van der Waals surface area contributed by atoms with Crippen LogP contribution in [0.5, 0.6) is 0 Å². The van der Waals surface area contributed by atoms with Crippen molar-refractivity contribution in [3.63, 3.8) is 0 Å². The molecule has 1 fully saturated rings. The molecule has 138 valence electrons. The molecule has 7 heteroatoms. The number of carboxylic acid groups (broad SMARTS) is 1. The first-order valence-corrected chi connectivity index (χ1v) is 8.62. The number of methoxy groups -OCH3 is 1. The van der Waals surface area contributed by atoms with Crippen LogP contribution in [-0.2, 0) is 16.1 Å². The number of aliphatic carboxylic acids is 1. The number of ether oxygens (including phenoxy) is 1. The zero-order valence-electron chi connectivity index (χ0n) is 14.8. The summed E-state index contributed by atoms with van der Waals surface area (Å²) in [6, 6.07) is 9.87. The van der Waals surface area contributed by atoms with Crippen molar-refractivity contribution in [2.45, 2.75) is 19.4 Å². The average molecular weight is 357 g/mol. The van der Waals surface area contributed by atoms with Gasteiger partial charge in [-0.1, -0.05) is 30.3 Å². The molecule has 1 aliphatic heterocycles. The Balaban J connectivity index is 1.72. The second-order valence-electron chi connectivity index (χ2n) is 6.76. The third kappa shape index (κ3) is 3.77. The highest BCUT2D eigenvalue weighted by Gasteiger charge is 2.44. The Bertz CT molecular complexity index is 770. The molecular formula is C19H23N3O4. The van der Waals surface area contributed by atoms with Gasteiger partial charge in [0.2, 0.25) is 0 Å². The topological polar surface area (TPSA) is 84.7 Å². The maximum atomic E-state index is 12.8. The van der Waals surface area contributed by atoms with E-state index in [0.29, 0.717) is 31.5 Å². The molecule has 0 radical (unpaired) electrons. The lowest BCUT2D eigenvalue weighted by atomic mass is 9.80. The van der Waals surface area contributed by atoms with Crippen molar-refractivity contribution in [2.24, 2.45) is 5.41 Å². The average Bonchev–Trinajstić information content (AvgIpc) is 3.10. The van der Waals surface area contributed by atoms with Gasteiger partial charge >= 0.3 is 5.97 Å². The van der Waals surface area contributed by atoms with Crippen molar-refractivity contribution in [3.05, 3.63) is 53.9 Å². The van der Waals surface area contributed by atoms with E-state index >= 15 is 0 Å². The Kier molecular flexibility index (Phi) is 5.37. The third-order valence-electron chi connectivity index (χ3n) is 4.81. The van der Waals surface area contributed by atoms with E-state index in [0.717, 1.165) is 5.56 Å². The first-order chi connectivity index (χ1) is 12.5. The van der Waals surface area contributed by atoms with E-state index in [1.54, 1.807) is 22.0 Å². The Morgan fingerprint density at radius 2 is 2.08 bits per heavy atom. The first-order valence-electron chi connectivity index (χ1n) is 8.62. The number of carbonyl (C=O) groups is 2. The highest BCUT2D eigenvalue weighted by atomic mass is 16.5. The minimum atomic E-state index is -1.04. The number of piperidine rings is 1. The molecule has 0 spiro atoms. The molecule has 1 saturated heterocycles. The van der Waals surface area contributed by atoms with Crippen molar-refractivity contribution >= 4 is 11.9 Å². The number of hydrogen-bond acceptors (Lipinski definition) is 4. The zero-order valence-corrected chi connectivity index (χ0v) is 14.8. The summed E-state index contributed by atoms with van der Waals surface area (Å²) in [6.45, 7) is 1.37. The maximum absolute atomic E-state index is 12.8. The van der Waals surface area contributed by atoms with Crippen molar-refractivity contribution in [2.75, 3.05) is 26.8 Å². The Hall–Kier alpha value is -2.67. The van der Waals surface area contributed by atoms with E-state index < -0.39 is 11.4 Å². The van der Waals surface area contributed by atoms with Crippen molar-refractivity contribution in [1.29, 1.82) is 0 Å². The van der Waals surface area contributed by atoms with Crippen LogP contribution in [0.2, 0.25) is 0 Å². The molecule has 7 nitrogen and oxygen atoms in total. The molecule has 1 aromatic carbocycles. The standard InChI is InChI=1S/C19H23N3O4/c1-26-14-19(18(24)25)8-5-9-21(13-19)17(23)16-10-20-22(12-16)11-15-6-3-2-4-7-15/h2-4,6-7,10,12H,5,8-9,11,13-14H2,1H3,(H,24,25). The molecule has 0 saturated carbocycles.